The lowest BCUT2D eigenvalue weighted by atomic mass is 10.0. The van der Waals surface area contributed by atoms with Crippen molar-refractivity contribution < 1.29 is 4.52 Å². The molecule has 0 aromatic carbocycles. The van der Waals surface area contributed by atoms with E-state index in [0.29, 0.717) is 11.7 Å². The van der Waals surface area contributed by atoms with E-state index in [1.165, 1.54) is 44.9 Å². The van der Waals surface area contributed by atoms with E-state index in [1.54, 1.807) is 0 Å². The minimum atomic E-state index is 0. The van der Waals surface area contributed by atoms with Gasteiger partial charge in [-0.2, -0.15) is 4.98 Å². The van der Waals surface area contributed by atoms with Crippen LogP contribution in [0.2, 0.25) is 0 Å². The van der Waals surface area contributed by atoms with Crippen molar-refractivity contribution in [2.75, 3.05) is 20.1 Å². The summed E-state index contributed by atoms with van der Waals surface area (Å²) in [7, 11) is 1.81. The van der Waals surface area contributed by atoms with Gasteiger partial charge in [-0.15, -0.1) is 24.0 Å². The number of aliphatic imine (C=N–C) groups is 1. The van der Waals surface area contributed by atoms with Crippen LogP contribution in [0.3, 0.4) is 0 Å². The maximum atomic E-state index is 5.10. The number of unbranched alkanes of at least 4 members (excludes halogenated alkanes) is 1. The second kappa shape index (κ2) is 12.5. The second-order valence-electron chi connectivity index (χ2n) is 6.41. The Morgan fingerprint density at radius 2 is 1.88 bits per heavy atom. The summed E-state index contributed by atoms with van der Waals surface area (Å²) in [4.78, 5) is 8.45. The number of aryl methyl sites for hydroxylation is 2. The summed E-state index contributed by atoms with van der Waals surface area (Å²) >= 11 is 0. The van der Waals surface area contributed by atoms with Crippen LogP contribution in [-0.4, -0.2) is 36.2 Å². The van der Waals surface area contributed by atoms with Crippen molar-refractivity contribution in [3.63, 3.8) is 0 Å². The van der Waals surface area contributed by atoms with Gasteiger partial charge in [0.15, 0.2) is 11.8 Å². The van der Waals surface area contributed by atoms with Crippen LogP contribution in [0, 0.1) is 12.8 Å². The van der Waals surface area contributed by atoms with Crippen molar-refractivity contribution in [1.82, 2.24) is 20.8 Å². The van der Waals surface area contributed by atoms with Gasteiger partial charge in [0, 0.05) is 26.6 Å². The lowest BCUT2D eigenvalue weighted by Gasteiger charge is -2.12. The quantitative estimate of drug-likeness (QED) is 0.262. The summed E-state index contributed by atoms with van der Waals surface area (Å²) in [6, 6.07) is 0. The van der Waals surface area contributed by atoms with Crippen LogP contribution >= 0.6 is 24.0 Å². The van der Waals surface area contributed by atoms with Gasteiger partial charge >= 0.3 is 0 Å². The highest BCUT2D eigenvalue weighted by Crippen LogP contribution is 2.28. The summed E-state index contributed by atoms with van der Waals surface area (Å²) in [5.74, 6) is 3.29. The Bertz CT molecular complexity index is 471. The number of aromatic nitrogens is 2. The molecule has 1 aromatic rings. The molecule has 2 rings (SSSR count). The Kier molecular flexibility index (Phi) is 11.0. The second-order valence-corrected chi connectivity index (χ2v) is 6.41. The highest BCUT2D eigenvalue weighted by Gasteiger charge is 2.13. The first-order chi connectivity index (χ1) is 11.3. The Hall–Kier alpha value is -0.860. The molecule has 0 saturated heterocycles. The highest BCUT2D eigenvalue weighted by molar-refractivity contribution is 14.0. The molecule has 6 nitrogen and oxygen atoms in total. The first kappa shape index (κ1) is 21.2. The van der Waals surface area contributed by atoms with Crippen molar-refractivity contribution in [2.45, 2.75) is 64.7 Å². The fourth-order valence-corrected chi connectivity index (χ4v) is 3.17. The van der Waals surface area contributed by atoms with E-state index in [2.05, 4.69) is 25.8 Å². The molecule has 24 heavy (non-hydrogen) atoms. The Morgan fingerprint density at radius 1 is 1.17 bits per heavy atom. The SMILES string of the molecule is CN=C(NCCCCC1CCCC1)NCCCc1nc(C)no1.I. The summed E-state index contributed by atoms with van der Waals surface area (Å²) in [6.45, 7) is 3.68. The number of rotatable bonds is 9. The zero-order chi connectivity index (χ0) is 16.3. The molecule has 0 amide bonds. The summed E-state index contributed by atoms with van der Waals surface area (Å²) in [6.07, 6.45) is 11.5. The molecule has 1 aromatic heterocycles. The van der Waals surface area contributed by atoms with Gasteiger partial charge in [0.1, 0.15) is 0 Å². The zero-order valence-corrected chi connectivity index (χ0v) is 17.3. The number of nitrogens with one attached hydrogen (secondary N) is 2. The molecule has 0 atom stereocenters. The van der Waals surface area contributed by atoms with E-state index in [-0.39, 0.29) is 24.0 Å². The maximum absolute atomic E-state index is 5.10. The molecular formula is C17H32IN5O. The van der Waals surface area contributed by atoms with Gasteiger partial charge in [-0.05, 0) is 25.7 Å². The number of hydrogen-bond acceptors (Lipinski definition) is 4. The third-order valence-electron chi connectivity index (χ3n) is 4.46. The largest absolute Gasteiger partial charge is 0.356 e. The molecule has 0 unspecified atom stereocenters. The van der Waals surface area contributed by atoms with Crippen molar-refractivity contribution in [3.05, 3.63) is 11.7 Å². The van der Waals surface area contributed by atoms with Crippen molar-refractivity contribution in [3.8, 4) is 0 Å². The maximum Gasteiger partial charge on any atom is 0.226 e. The fourth-order valence-electron chi connectivity index (χ4n) is 3.17. The monoisotopic (exact) mass is 449 g/mol. The van der Waals surface area contributed by atoms with Gasteiger partial charge in [-0.1, -0.05) is 43.7 Å². The van der Waals surface area contributed by atoms with Gasteiger partial charge < -0.3 is 15.2 Å². The molecule has 1 aliphatic rings. The summed E-state index contributed by atoms with van der Waals surface area (Å²) in [5, 5.41) is 10.5. The zero-order valence-electron chi connectivity index (χ0n) is 15.0. The standard InChI is InChI=1S/C17H31N5O.HI/c1-14-21-16(23-22-14)11-7-13-20-17(18-2)19-12-6-5-10-15-8-3-4-9-15;/h15H,3-13H2,1-2H3,(H2,18,19,20);1H. The molecule has 0 radical (unpaired) electrons. The molecule has 138 valence electrons. The lowest BCUT2D eigenvalue weighted by Crippen LogP contribution is -2.38. The van der Waals surface area contributed by atoms with Gasteiger partial charge in [0.25, 0.3) is 0 Å². The number of halogens is 1. The number of nitrogens with zero attached hydrogens (tertiary/aromatic N) is 3. The third-order valence-corrected chi connectivity index (χ3v) is 4.46. The molecule has 1 heterocycles. The molecule has 0 aliphatic heterocycles. The van der Waals surface area contributed by atoms with Gasteiger partial charge in [-0.3, -0.25) is 4.99 Å². The van der Waals surface area contributed by atoms with Crippen LogP contribution < -0.4 is 10.6 Å². The van der Waals surface area contributed by atoms with Crippen LogP contribution in [0.25, 0.3) is 0 Å². The van der Waals surface area contributed by atoms with Crippen LogP contribution in [0.15, 0.2) is 9.52 Å². The van der Waals surface area contributed by atoms with E-state index < -0.39 is 0 Å². The smallest absolute Gasteiger partial charge is 0.226 e. The Balaban J connectivity index is 0.00000288. The normalized spacial score (nSPS) is 15.3. The van der Waals surface area contributed by atoms with E-state index in [1.807, 2.05) is 14.0 Å². The van der Waals surface area contributed by atoms with Crippen LogP contribution in [-0.2, 0) is 6.42 Å². The molecule has 7 heteroatoms. The topological polar surface area (TPSA) is 75.3 Å². The van der Waals surface area contributed by atoms with Gasteiger partial charge in [0.2, 0.25) is 5.89 Å². The van der Waals surface area contributed by atoms with Crippen LogP contribution in [0.1, 0.15) is 63.1 Å². The van der Waals surface area contributed by atoms with E-state index >= 15 is 0 Å². The minimum Gasteiger partial charge on any atom is -0.356 e. The first-order valence-corrected chi connectivity index (χ1v) is 9.01. The van der Waals surface area contributed by atoms with Crippen molar-refractivity contribution >= 4 is 29.9 Å². The van der Waals surface area contributed by atoms with Crippen LogP contribution in [0.4, 0.5) is 0 Å². The number of guanidine groups is 1. The van der Waals surface area contributed by atoms with E-state index in [9.17, 15) is 0 Å². The molecule has 1 aliphatic carbocycles. The first-order valence-electron chi connectivity index (χ1n) is 9.01. The molecule has 0 spiro atoms. The highest BCUT2D eigenvalue weighted by atomic mass is 127. The molecule has 2 N–H and O–H groups in total. The van der Waals surface area contributed by atoms with Gasteiger partial charge in [0.05, 0.1) is 0 Å². The van der Waals surface area contributed by atoms with Crippen LogP contribution in [0.5, 0.6) is 0 Å². The average Bonchev–Trinajstić information content (AvgIpc) is 3.20. The van der Waals surface area contributed by atoms with E-state index in [4.69, 9.17) is 4.52 Å². The van der Waals surface area contributed by atoms with Gasteiger partial charge in [-0.25, -0.2) is 0 Å². The Labute approximate surface area is 162 Å². The predicted octanol–water partition coefficient (Wildman–Crippen LogP) is 3.45. The fraction of sp³-hybridized carbons (Fsp3) is 0.824. The summed E-state index contributed by atoms with van der Waals surface area (Å²) < 4.78 is 5.10. The Morgan fingerprint density at radius 3 is 2.50 bits per heavy atom. The third kappa shape index (κ3) is 8.30. The van der Waals surface area contributed by atoms with E-state index in [0.717, 1.165) is 37.8 Å². The molecule has 1 saturated carbocycles. The summed E-state index contributed by atoms with van der Waals surface area (Å²) in [5.41, 5.74) is 0. The molecule has 1 fully saturated rings. The van der Waals surface area contributed by atoms with Crippen molar-refractivity contribution in [2.24, 2.45) is 10.9 Å². The van der Waals surface area contributed by atoms with Crippen molar-refractivity contribution in [1.29, 1.82) is 0 Å². The lowest BCUT2D eigenvalue weighted by molar-refractivity contribution is 0.372. The number of hydrogen-bond donors (Lipinski definition) is 2. The molecule has 0 bridgehead atoms. The average molecular weight is 449 g/mol. The predicted molar refractivity (Wildman–Crippen MR) is 108 cm³/mol. The minimum absolute atomic E-state index is 0. The molecular weight excluding hydrogens is 417 g/mol.